The number of hydrogen-bond donors (Lipinski definition) is 2. The van der Waals surface area contributed by atoms with Crippen molar-refractivity contribution in [2.24, 2.45) is 5.73 Å². The number of aliphatic hydroxyl groups is 1. The second-order valence-electron chi connectivity index (χ2n) is 7.65. The van der Waals surface area contributed by atoms with Crippen LogP contribution >= 0.6 is 12.4 Å². The number of Topliss-reactive ketones (excluding diaryl/α,β-unsaturated/α-hetero) is 1. The highest BCUT2D eigenvalue weighted by Gasteiger charge is 2.38. The van der Waals surface area contributed by atoms with Crippen molar-refractivity contribution in [2.45, 2.75) is 43.4 Å². The lowest BCUT2D eigenvalue weighted by Crippen LogP contribution is -2.48. The first kappa shape index (κ1) is 25.3. The van der Waals surface area contributed by atoms with Gasteiger partial charge in [-0.2, -0.15) is 13.2 Å². The van der Waals surface area contributed by atoms with Gasteiger partial charge in [0.2, 0.25) is 0 Å². The maximum Gasteiger partial charge on any atom is 0.416 e. The monoisotopic (exact) mass is 460 g/mol. The summed E-state index contributed by atoms with van der Waals surface area (Å²) in [4.78, 5) is 13.8. The summed E-state index contributed by atoms with van der Waals surface area (Å²) >= 11 is 0. The molecule has 1 fully saturated rings. The first-order valence-electron chi connectivity index (χ1n) is 9.73. The fraction of sp³-hybridized carbons (Fsp3) is 0.409. The number of likely N-dealkylation sites (tertiary alicyclic amines) is 1. The number of carbonyl (C=O) groups is 1. The highest BCUT2D eigenvalue weighted by atomic mass is 35.5. The molecule has 3 rings (SSSR count). The zero-order valence-electron chi connectivity index (χ0n) is 16.7. The van der Waals surface area contributed by atoms with Crippen LogP contribution in [0, 0.1) is 0 Å². The normalized spacial score (nSPS) is 18.6. The van der Waals surface area contributed by atoms with Gasteiger partial charge in [0.05, 0.1) is 17.2 Å². The zero-order valence-corrected chi connectivity index (χ0v) is 17.5. The lowest BCUT2D eigenvalue weighted by Gasteiger charge is -2.40. The number of nitrogens with two attached hydrogens (primary N) is 1. The number of benzene rings is 2. The van der Waals surface area contributed by atoms with Crippen molar-refractivity contribution in [2.75, 3.05) is 13.1 Å². The van der Waals surface area contributed by atoms with Crippen molar-refractivity contribution in [3.05, 3.63) is 71.3 Å². The molecule has 170 valence electrons. The van der Waals surface area contributed by atoms with E-state index in [-0.39, 0.29) is 56.1 Å². The first-order valence-corrected chi connectivity index (χ1v) is 9.73. The van der Waals surface area contributed by atoms with Crippen molar-refractivity contribution in [1.29, 1.82) is 0 Å². The van der Waals surface area contributed by atoms with E-state index in [0.29, 0.717) is 5.56 Å². The van der Waals surface area contributed by atoms with Crippen LogP contribution in [-0.4, -0.2) is 41.2 Å². The minimum Gasteiger partial charge on any atom is -0.385 e. The number of rotatable bonds is 6. The Hall–Kier alpha value is -2.00. The van der Waals surface area contributed by atoms with Gasteiger partial charge in [0.1, 0.15) is 0 Å². The molecule has 2 aromatic carbocycles. The average Bonchev–Trinajstić information content (AvgIpc) is 2.73. The van der Waals surface area contributed by atoms with E-state index in [0.717, 1.165) is 12.1 Å². The molecule has 4 nitrogen and oxygen atoms in total. The van der Waals surface area contributed by atoms with Crippen LogP contribution in [0.15, 0.2) is 54.6 Å². The topological polar surface area (TPSA) is 66.6 Å². The summed E-state index contributed by atoms with van der Waals surface area (Å²) in [7, 11) is 0. The predicted molar refractivity (Wildman–Crippen MR) is 112 cm³/mol. The van der Waals surface area contributed by atoms with Crippen LogP contribution in [-0.2, 0) is 11.8 Å². The summed E-state index contributed by atoms with van der Waals surface area (Å²) in [5.74, 6) is -0.351. The molecule has 2 aromatic rings. The number of halogens is 5. The number of piperidine rings is 1. The van der Waals surface area contributed by atoms with E-state index in [1.165, 1.54) is 17.0 Å². The van der Waals surface area contributed by atoms with E-state index in [1.807, 2.05) is 0 Å². The second-order valence-corrected chi connectivity index (χ2v) is 7.65. The van der Waals surface area contributed by atoms with Gasteiger partial charge in [-0.05, 0) is 30.5 Å². The number of alkyl halides is 4. The molecule has 1 saturated heterocycles. The molecule has 1 aliphatic rings. The third kappa shape index (κ3) is 6.04. The zero-order chi connectivity index (χ0) is 21.9. The molecule has 0 spiro atoms. The number of carbonyl (C=O) groups excluding carboxylic acids is 1. The van der Waals surface area contributed by atoms with Crippen LogP contribution in [0.3, 0.4) is 0 Å². The Labute approximate surface area is 184 Å². The van der Waals surface area contributed by atoms with E-state index < -0.39 is 29.7 Å². The molecule has 1 heterocycles. The molecular weight excluding hydrogens is 436 g/mol. The van der Waals surface area contributed by atoms with Gasteiger partial charge in [0.15, 0.2) is 12.1 Å². The Kier molecular flexibility index (Phi) is 8.21. The summed E-state index contributed by atoms with van der Waals surface area (Å²) in [6.45, 7) is 0.278. The summed E-state index contributed by atoms with van der Waals surface area (Å²) in [5.41, 5.74) is 4.18. The lowest BCUT2D eigenvalue weighted by atomic mass is 9.83. The third-order valence-corrected chi connectivity index (χ3v) is 5.59. The average molecular weight is 461 g/mol. The number of hydrogen-bond acceptors (Lipinski definition) is 4. The molecule has 3 N–H and O–H groups in total. The van der Waals surface area contributed by atoms with Crippen LogP contribution in [0.25, 0.3) is 0 Å². The number of nitrogens with zero attached hydrogens (tertiary/aromatic N) is 1. The van der Waals surface area contributed by atoms with Gasteiger partial charge in [-0.25, -0.2) is 4.39 Å². The van der Waals surface area contributed by atoms with Gasteiger partial charge in [-0.1, -0.05) is 42.5 Å². The fourth-order valence-corrected chi connectivity index (χ4v) is 3.73. The third-order valence-electron chi connectivity index (χ3n) is 5.59. The molecule has 31 heavy (non-hydrogen) atoms. The molecule has 9 heteroatoms. The predicted octanol–water partition coefficient (Wildman–Crippen LogP) is 4.31. The van der Waals surface area contributed by atoms with E-state index in [4.69, 9.17) is 5.73 Å². The summed E-state index contributed by atoms with van der Waals surface area (Å²) in [6.07, 6.45) is -6.03. The Morgan fingerprint density at radius 3 is 2.29 bits per heavy atom. The van der Waals surface area contributed by atoms with E-state index in [2.05, 4.69) is 0 Å². The SMILES string of the molecule is Cl.NC(CC(F)N1CCC(O)(c2cccc(C(F)(F)F)c2)CC1)C(=O)c1ccccc1. The molecule has 0 aromatic heterocycles. The second kappa shape index (κ2) is 10.1. The van der Waals surface area contributed by atoms with Gasteiger partial charge >= 0.3 is 6.18 Å². The van der Waals surface area contributed by atoms with Crippen molar-refractivity contribution in [3.63, 3.8) is 0 Å². The Morgan fingerprint density at radius 1 is 1.10 bits per heavy atom. The fourth-order valence-electron chi connectivity index (χ4n) is 3.73. The van der Waals surface area contributed by atoms with Crippen molar-refractivity contribution < 1.29 is 27.5 Å². The molecule has 1 aliphatic heterocycles. The smallest absolute Gasteiger partial charge is 0.385 e. The van der Waals surface area contributed by atoms with Crippen LogP contribution in [0.5, 0.6) is 0 Å². The van der Waals surface area contributed by atoms with E-state index in [1.54, 1.807) is 30.3 Å². The van der Waals surface area contributed by atoms with Crippen LogP contribution in [0.4, 0.5) is 17.6 Å². The Bertz CT molecular complexity index is 871. The molecule has 0 bridgehead atoms. The maximum absolute atomic E-state index is 14.8. The van der Waals surface area contributed by atoms with E-state index >= 15 is 0 Å². The van der Waals surface area contributed by atoms with Gasteiger partial charge in [-0.15, -0.1) is 12.4 Å². The molecule has 2 atom stereocenters. The Balaban J connectivity index is 0.00000341. The van der Waals surface area contributed by atoms with Crippen molar-refractivity contribution in [1.82, 2.24) is 4.90 Å². The Morgan fingerprint density at radius 2 is 1.71 bits per heavy atom. The maximum atomic E-state index is 14.8. The number of ketones is 1. The van der Waals surface area contributed by atoms with Gasteiger partial charge in [0.25, 0.3) is 0 Å². The first-order chi connectivity index (χ1) is 14.1. The summed E-state index contributed by atoms with van der Waals surface area (Å²) < 4.78 is 53.6. The molecular formula is C22H25ClF4N2O2. The van der Waals surface area contributed by atoms with Crippen LogP contribution in [0.2, 0.25) is 0 Å². The summed E-state index contributed by atoms with van der Waals surface area (Å²) in [5, 5.41) is 10.9. The highest BCUT2D eigenvalue weighted by Crippen LogP contribution is 2.37. The van der Waals surface area contributed by atoms with Crippen LogP contribution in [0.1, 0.15) is 40.7 Å². The van der Waals surface area contributed by atoms with Crippen molar-refractivity contribution in [3.8, 4) is 0 Å². The van der Waals surface area contributed by atoms with Gasteiger partial charge in [-0.3, -0.25) is 9.69 Å². The van der Waals surface area contributed by atoms with Crippen LogP contribution < -0.4 is 5.73 Å². The largest absolute Gasteiger partial charge is 0.416 e. The van der Waals surface area contributed by atoms with Gasteiger partial charge < -0.3 is 10.8 Å². The minimum absolute atomic E-state index is 0. The standard InChI is InChI=1S/C22H24F4N2O2.ClH/c23-19(14-18(27)20(29)15-5-2-1-3-6-15)28-11-9-21(30,10-12-28)16-7-4-8-17(13-16)22(24,25)26;/h1-8,13,18-19,30H,9-12,14,27H2;1H. The van der Waals surface area contributed by atoms with E-state index in [9.17, 15) is 27.5 Å². The molecule has 2 unspecified atom stereocenters. The highest BCUT2D eigenvalue weighted by molar-refractivity contribution is 5.99. The molecule has 0 radical (unpaired) electrons. The molecule has 0 amide bonds. The van der Waals surface area contributed by atoms with Crippen molar-refractivity contribution >= 4 is 18.2 Å². The van der Waals surface area contributed by atoms with Gasteiger partial charge in [0, 0.05) is 25.1 Å². The quantitative estimate of drug-likeness (QED) is 0.383. The molecule has 0 saturated carbocycles. The minimum atomic E-state index is -4.50. The lowest BCUT2D eigenvalue weighted by molar-refractivity contribution is -0.137. The molecule has 0 aliphatic carbocycles. The summed E-state index contributed by atoms with van der Waals surface area (Å²) in [6, 6.07) is 12.0.